The fraction of sp³-hybridized carbons (Fsp3) is 0.316. The maximum atomic E-state index is 12.2. The highest BCUT2D eigenvalue weighted by atomic mass is 79.9. The second-order valence-corrected chi connectivity index (χ2v) is 7.04. The number of hydrogen-bond acceptors (Lipinski definition) is 2. The van der Waals surface area contributed by atoms with Crippen molar-refractivity contribution in [2.75, 3.05) is 6.61 Å². The van der Waals surface area contributed by atoms with Crippen LogP contribution in [0.25, 0.3) is 0 Å². The van der Waals surface area contributed by atoms with Gasteiger partial charge < -0.3 is 10.1 Å². The van der Waals surface area contributed by atoms with Gasteiger partial charge in [-0.2, -0.15) is 0 Å². The van der Waals surface area contributed by atoms with Crippen molar-refractivity contribution in [3.63, 3.8) is 0 Å². The van der Waals surface area contributed by atoms with Gasteiger partial charge in [0, 0.05) is 5.02 Å². The summed E-state index contributed by atoms with van der Waals surface area (Å²) < 4.78 is 6.29. The quantitative estimate of drug-likeness (QED) is 0.695. The lowest BCUT2D eigenvalue weighted by molar-refractivity contribution is -0.123. The molecule has 2 rings (SSSR count). The van der Waals surface area contributed by atoms with Crippen molar-refractivity contribution in [2.45, 2.75) is 33.2 Å². The summed E-state index contributed by atoms with van der Waals surface area (Å²) in [6.07, 6.45) is 0.820. The van der Waals surface area contributed by atoms with E-state index < -0.39 is 0 Å². The fourth-order valence-corrected chi connectivity index (χ4v) is 3.39. The third-order valence-corrected chi connectivity index (χ3v) is 4.65. The maximum Gasteiger partial charge on any atom is 0.258 e. The topological polar surface area (TPSA) is 38.3 Å². The average molecular weight is 411 g/mol. The lowest BCUT2D eigenvalue weighted by Gasteiger charge is -2.20. The minimum absolute atomic E-state index is 0.0182. The molecule has 0 radical (unpaired) electrons. The Balaban J connectivity index is 1.99. The average Bonchev–Trinajstić information content (AvgIpc) is 2.52. The Labute approximate surface area is 156 Å². The number of ether oxygens (including phenoxy) is 1. The van der Waals surface area contributed by atoms with Crippen molar-refractivity contribution in [3.05, 3.63) is 62.6 Å². The molecule has 0 saturated heterocycles. The van der Waals surface area contributed by atoms with Gasteiger partial charge in [-0.05, 0) is 65.5 Å². The number of hydrogen-bond donors (Lipinski definition) is 1. The van der Waals surface area contributed by atoms with Crippen molar-refractivity contribution in [3.8, 4) is 5.75 Å². The summed E-state index contributed by atoms with van der Waals surface area (Å²) in [6, 6.07) is 11.5. The Morgan fingerprint density at radius 3 is 2.62 bits per heavy atom. The van der Waals surface area contributed by atoms with Gasteiger partial charge in [0.15, 0.2) is 6.61 Å². The van der Waals surface area contributed by atoms with Crippen LogP contribution in [0.3, 0.4) is 0 Å². The molecule has 0 unspecified atom stereocenters. The van der Waals surface area contributed by atoms with Gasteiger partial charge in [-0.25, -0.2) is 0 Å². The van der Waals surface area contributed by atoms with Crippen LogP contribution in [0.1, 0.15) is 36.1 Å². The molecule has 0 aliphatic carbocycles. The summed E-state index contributed by atoms with van der Waals surface area (Å²) in [6.45, 7) is 6.15. The number of amides is 1. The van der Waals surface area contributed by atoms with E-state index in [-0.39, 0.29) is 18.6 Å². The van der Waals surface area contributed by atoms with E-state index in [1.165, 1.54) is 11.1 Å². The van der Waals surface area contributed by atoms with Gasteiger partial charge in [0.25, 0.3) is 5.91 Å². The third-order valence-electron chi connectivity index (χ3n) is 3.80. The van der Waals surface area contributed by atoms with Gasteiger partial charge in [0.2, 0.25) is 0 Å². The zero-order valence-electron chi connectivity index (χ0n) is 14.0. The van der Waals surface area contributed by atoms with Crippen LogP contribution in [0.15, 0.2) is 40.9 Å². The maximum absolute atomic E-state index is 12.2. The summed E-state index contributed by atoms with van der Waals surface area (Å²) >= 11 is 9.27. The SMILES string of the molecule is CC[C@H](NC(=O)COc1ccc(Cl)cc1Br)c1ccc(C)cc1C. The molecule has 0 saturated carbocycles. The van der Waals surface area contributed by atoms with E-state index in [9.17, 15) is 4.79 Å². The van der Waals surface area contributed by atoms with Gasteiger partial charge in [0.1, 0.15) is 5.75 Å². The molecule has 24 heavy (non-hydrogen) atoms. The van der Waals surface area contributed by atoms with E-state index in [1.54, 1.807) is 18.2 Å². The highest BCUT2D eigenvalue weighted by Gasteiger charge is 2.15. The Kier molecular flexibility index (Phi) is 6.69. The molecule has 1 amide bonds. The van der Waals surface area contributed by atoms with Crippen LogP contribution in [0.5, 0.6) is 5.75 Å². The Morgan fingerprint density at radius 2 is 2.00 bits per heavy atom. The Bertz CT molecular complexity index is 733. The molecule has 0 aromatic heterocycles. The van der Waals surface area contributed by atoms with Crippen molar-refractivity contribution < 1.29 is 9.53 Å². The first-order chi connectivity index (χ1) is 11.4. The summed E-state index contributed by atoms with van der Waals surface area (Å²) in [5.41, 5.74) is 3.54. The summed E-state index contributed by atoms with van der Waals surface area (Å²) in [4.78, 5) is 12.2. The molecule has 5 heteroatoms. The predicted octanol–water partition coefficient (Wildman–Crippen LogP) is 5.37. The smallest absolute Gasteiger partial charge is 0.258 e. The Morgan fingerprint density at radius 1 is 1.25 bits per heavy atom. The van der Waals surface area contributed by atoms with Crippen molar-refractivity contribution in [1.82, 2.24) is 5.32 Å². The van der Waals surface area contributed by atoms with Gasteiger partial charge >= 0.3 is 0 Å². The molecule has 2 aromatic rings. The summed E-state index contributed by atoms with van der Waals surface area (Å²) in [7, 11) is 0. The molecule has 0 aliphatic heterocycles. The zero-order valence-corrected chi connectivity index (χ0v) is 16.4. The number of aryl methyl sites for hydroxylation is 2. The molecule has 0 heterocycles. The lowest BCUT2D eigenvalue weighted by atomic mass is 9.97. The van der Waals surface area contributed by atoms with E-state index in [2.05, 4.69) is 60.2 Å². The zero-order chi connectivity index (χ0) is 17.7. The second-order valence-electron chi connectivity index (χ2n) is 5.75. The van der Waals surface area contributed by atoms with Crippen LogP contribution >= 0.6 is 27.5 Å². The molecule has 0 bridgehead atoms. The molecule has 128 valence electrons. The number of rotatable bonds is 6. The van der Waals surface area contributed by atoms with Gasteiger partial charge in [-0.1, -0.05) is 42.3 Å². The molecule has 3 nitrogen and oxygen atoms in total. The predicted molar refractivity (Wildman–Crippen MR) is 102 cm³/mol. The van der Waals surface area contributed by atoms with Crippen molar-refractivity contribution in [2.24, 2.45) is 0 Å². The van der Waals surface area contributed by atoms with E-state index in [0.717, 1.165) is 16.5 Å². The largest absolute Gasteiger partial charge is 0.483 e. The number of carbonyl (C=O) groups excluding carboxylic acids is 1. The van der Waals surface area contributed by atoms with Crippen molar-refractivity contribution >= 4 is 33.4 Å². The van der Waals surface area contributed by atoms with Crippen molar-refractivity contribution in [1.29, 1.82) is 0 Å². The first-order valence-electron chi connectivity index (χ1n) is 7.85. The molecule has 0 fully saturated rings. The molecule has 1 atom stereocenters. The highest BCUT2D eigenvalue weighted by Crippen LogP contribution is 2.28. The van der Waals surface area contributed by atoms with E-state index in [1.807, 2.05) is 0 Å². The first kappa shape index (κ1) is 18.8. The number of benzene rings is 2. The third kappa shape index (κ3) is 4.99. The Hall–Kier alpha value is -1.52. The number of halogens is 2. The highest BCUT2D eigenvalue weighted by molar-refractivity contribution is 9.10. The number of carbonyl (C=O) groups is 1. The molecular weight excluding hydrogens is 390 g/mol. The van der Waals surface area contributed by atoms with Crippen LogP contribution in [-0.4, -0.2) is 12.5 Å². The van der Waals surface area contributed by atoms with Gasteiger partial charge in [-0.3, -0.25) is 4.79 Å². The van der Waals surface area contributed by atoms with Crippen LogP contribution < -0.4 is 10.1 Å². The van der Waals surface area contributed by atoms with Crippen LogP contribution in [-0.2, 0) is 4.79 Å². The molecule has 0 spiro atoms. The molecular formula is C19H21BrClNO2. The fourth-order valence-electron chi connectivity index (χ4n) is 2.59. The monoisotopic (exact) mass is 409 g/mol. The standard InChI is InChI=1S/C19H21BrClNO2/c1-4-17(15-7-5-12(2)9-13(15)3)22-19(23)11-24-18-8-6-14(21)10-16(18)20/h5-10,17H,4,11H2,1-3H3,(H,22,23)/t17-/m0/s1. The minimum Gasteiger partial charge on any atom is -0.483 e. The molecule has 2 aromatic carbocycles. The summed E-state index contributed by atoms with van der Waals surface area (Å²) in [5.74, 6) is 0.442. The summed E-state index contributed by atoms with van der Waals surface area (Å²) in [5, 5.41) is 3.65. The van der Waals surface area contributed by atoms with E-state index >= 15 is 0 Å². The van der Waals surface area contributed by atoms with Gasteiger partial charge in [-0.15, -0.1) is 0 Å². The minimum atomic E-state index is -0.149. The van der Waals surface area contributed by atoms with Crippen LogP contribution in [0.4, 0.5) is 0 Å². The van der Waals surface area contributed by atoms with Gasteiger partial charge in [0.05, 0.1) is 10.5 Å². The van der Waals surface area contributed by atoms with E-state index in [0.29, 0.717) is 10.8 Å². The van der Waals surface area contributed by atoms with E-state index in [4.69, 9.17) is 16.3 Å². The molecule has 0 aliphatic rings. The lowest BCUT2D eigenvalue weighted by Crippen LogP contribution is -2.32. The van der Waals surface area contributed by atoms with Crippen LogP contribution in [0, 0.1) is 13.8 Å². The molecule has 1 N–H and O–H groups in total. The first-order valence-corrected chi connectivity index (χ1v) is 9.02. The van der Waals surface area contributed by atoms with Crippen LogP contribution in [0.2, 0.25) is 5.02 Å². The number of nitrogens with one attached hydrogen (secondary N) is 1. The normalized spacial score (nSPS) is 11.9. The second kappa shape index (κ2) is 8.54.